The molecule has 0 atom stereocenters. The molecule has 12 heavy (non-hydrogen) atoms. The van der Waals surface area contributed by atoms with E-state index in [9.17, 15) is 8.42 Å². The van der Waals surface area contributed by atoms with Gasteiger partial charge in [-0.3, -0.25) is 0 Å². The van der Waals surface area contributed by atoms with Crippen molar-refractivity contribution < 1.29 is 8.42 Å². The highest BCUT2D eigenvalue weighted by Crippen LogP contribution is 1.87. The van der Waals surface area contributed by atoms with Gasteiger partial charge in [0.1, 0.15) is 0 Å². The van der Waals surface area contributed by atoms with Gasteiger partial charge in [-0.1, -0.05) is 12.0 Å². The number of hydrogen-bond donors (Lipinski definition) is 1. The molecular weight excluding hydrogens is 180 g/mol. The van der Waals surface area contributed by atoms with Gasteiger partial charge in [-0.25, -0.2) is 13.1 Å². The van der Waals surface area contributed by atoms with Crippen LogP contribution in [0.4, 0.5) is 0 Å². The van der Waals surface area contributed by atoms with Crippen LogP contribution in [-0.4, -0.2) is 27.3 Å². The van der Waals surface area contributed by atoms with Crippen LogP contribution in [0.3, 0.4) is 0 Å². The molecule has 0 amide bonds. The minimum atomic E-state index is -3.15. The highest BCUT2D eigenvalue weighted by atomic mass is 32.2. The summed E-state index contributed by atoms with van der Waals surface area (Å²) in [6.45, 7) is 2.11. The van der Waals surface area contributed by atoms with Crippen molar-refractivity contribution in [3.8, 4) is 0 Å². The smallest absolute Gasteiger partial charge is 0.211 e. The van der Waals surface area contributed by atoms with Gasteiger partial charge in [0.2, 0.25) is 10.0 Å². The molecule has 0 fully saturated rings. The summed E-state index contributed by atoms with van der Waals surface area (Å²) in [5.74, 6) is 0.114. The van der Waals surface area contributed by atoms with Crippen LogP contribution < -0.4 is 4.72 Å². The Labute approximate surface area is 71.6 Å². The van der Waals surface area contributed by atoms with E-state index in [-0.39, 0.29) is 18.8 Å². The van der Waals surface area contributed by atoms with Crippen molar-refractivity contribution in [1.82, 2.24) is 4.72 Å². The molecule has 0 aliphatic heterocycles. The SMILES string of the molecule is CCCS(=O)(=O)NCCN=[N+]=[N-]. The Morgan fingerprint density at radius 2 is 2.25 bits per heavy atom. The van der Waals surface area contributed by atoms with Gasteiger partial charge in [-0.2, -0.15) is 0 Å². The number of rotatable bonds is 6. The fourth-order valence-corrected chi connectivity index (χ4v) is 1.72. The highest BCUT2D eigenvalue weighted by molar-refractivity contribution is 7.89. The fraction of sp³-hybridized carbons (Fsp3) is 1.00. The van der Waals surface area contributed by atoms with Gasteiger partial charge in [0.15, 0.2) is 0 Å². The quantitative estimate of drug-likeness (QED) is 0.289. The van der Waals surface area contributed by atoms with Crippen molar-refractivity contribution in [2.75, 3.05) is 18.8 Å². The number of nitrogens with one attached hydrogen (secondary N) is 1. The van der Waals surface area contributed by atoms with Crippen LogP contribution in [0.2, 0.25) is 0 Å². The summed E-state index contributed by atoms with van der Waals surface area (Å²) in [7, 11) is -3.15. The van der Waals surface area contributed by atoms with E-state index >= 15 is 0 Å². The highest BCUT2D eigenvalue weighted by Gasteiger charge is 2.05. The molecule has 0 aromatic carbocycles. The largest absolute Gasteiger partial charge is 0.215 e. The lowest BCUT2D eigenvalue weighted by molar-refractivity contribution is 0.581. The van der Waals surface area contributed by atoms with Gasteiger partial charge >= 0.3 is 0 Å². The van der Waals surface area contributed by atoms with Gasteiger partial charge in [0.25, 0.3) is 0 Å². The standard InChI is InChI=1S/C5H12N4O2S/c1-2-5-12(10,11)8-4-3-7-9-6/h8H,2-5H2,1H3. The van der Waals surface area contributed by atoms with Crippen LogP contribution in [-0.2, 0) is 10.0 Å². The predicted molar refractivity (Wildman–Crippen MR) is 46.1 cm³/mol. The lowest BCUT2D eigenvalue weighted by atomic mass is 10.6. The summed E-state index contributed by atoms with van der Waals surface area (Å²) in [5.41, 5.74) is 7.88. The van der Waals surface area contributed by atoms with Crippen molar-refractivity contribution in [2.24, 2.45) is 5.11 Å². The van der Waals surface area contributed by atoms with E-state index in [1.54, 1.807) is 6.92 Å². The first-order valence-corrected chi connectivity index (χ1v) is 5.26. The van der Waals surface area contributed by atoms with Crippen LogP contribution in [0.1, 0.15) is 13.3 Å². The summed E-state index contributed by atoms with van der Waals surface area (Å²) in [6, 6.07) is 0. The summed E-state index contributed by atoms with van der Waals surface area (Å²) in [4.78, 5) is 2.49. The Bertz CT molecular complexity index is 255. The van der Waals surface area contributed by atoms with Crippen molar-refractivity contribution in [3.05, 3.63) is 10.4 Å². The van der Waals surface area contributed by atoms with E-state index in [1.165, 1.54) is 0 Å². The Balaban J connectivity index is 3.69. The molecule has 0 saturated heterocycles. The molecule has 0 aromatic heterocycles. The van der Waals surface area contributed by atoms with E-state index in [4.69, 9.17) is 5.53 Å². The molecule has 0 heterocycles. The van der Waals surface area contributed by atoms with Gasteiger partial charge in [-0.05, 0) is 12.0 Å². The third kappa shape index (κ3) is 5.96. The summed E-state index contributed by atoms with van der Waals surface area (Å²) < 4.78 is 24.2. The molecule has 0 aliphatic carbocycles. The number of sulfonamides is 1. The second kappa shape index (κ2) is 5.82. The van der Waals surface area contributed by atoms with Gasteiger partial charge in [-0.15, -0.1) is 0 Å². The van der Waals surface area contributed by atoms with Gasteiger partial charge < -0.3 is 0 Å². The third-order valence-corrected chi connectivity index (χ3v) is 2.66. The van der Waals surface area contributed by atoms with E-state index in [0.717, 1.165) is 0 Å². The normalized spacial score (nSPS) is 10.8. The van der Waals surface area contributed by atoms with Crippen LogP contribution in [0.5, 0.6) is 0 Å². The minimum absolute atomic E-state index is 0.114. The maximum Gasteiger partial charge on any atom is 0.211 e. The van der Waals surface area contributed by atoms with Crippen LogP contribution >= 0.6 is 0 Å². The molecule has 6 nitrogen and oxygen atoms in total. The first kappa shape index (κ1) is 11.2. The van der Waals surface area contributed by atoms with E-state index < -0.39 is 10.0 Å². The van der Waals surface area contributed by atoms with Crippen LogP contribution in [0, 0.1) is 0 Å². The average Bonchev–Trinajstić information content (AvgIpc) is 1.98. The lowest BCUT2D eigenvalue weighted by Gasteiger charge is -2.01. The number of nitrogens with zero attached hydrogens (tertiary/aromatic N) is 3. The minimum Gasteiger partial charge on any atom is -0.215 e. The van der Waals surface area contributed by atoms with E-state index in [0.29, 0.717) is 6.42 Å². The zero-order valence-corrected chi connectivity index (χ0v) is 7.71. The molecule has 7 heteroatoms. The fourth-order valence-electron chi connectivity index (χ4n) is 0.637. The number of hydrogen-bond acceptors (Lipinski definition) is 3. The number of azide groups is 1. The first-order chi connectivity index (χ1) is 5.62. The topological polar surface area (TPSA) is 94.9 Å². The zero-order valence-electron chi connectivity index (χ0n) is 6.89. The van der Waals surface area contributed by atoms with Gasteiger partial charge in [0, 0.05) is 18.0 Å². The van der Waals surface area contributed by atoms with Crippen molar-refractivity contribution in [2.45, 2.75) is 13.3 Å². The molecule has 1 N–H and O–H groups in total. The van der Waals surface area contributed by atoms with Crippen molar-refractivity contribution >= 4 is 10.0 Å². The van der Waals surface area contributed by atoms with Gasteiger partial charge in [0.05, 0.1) is 5.75 Å². The Hall–Kier alpha value is -0.780. The predicted octanol–water partition coefficient (Wildman–Crippen LogP) is 0.626. The van der Waals surface area contributed by atoms with Crippen LogP contribution in [0.15, 0.2) is 5.11 Å². The molecule has 0 rings (SSSR count). The summed E-state index contributed by atoms with van der Waals surface area (Å²) in [6.07, 6.45) is 0.580. The van der Waals surface area contributed by atoms with E-state index in [1.807, 2.05) is 0 Å². The summed E-state index contributed by atoms with van der Waals surface area (Å²) in [5, 5.41) is 3.19. The average molecular weight is 192 g/mol. The zero-order chi connectivity index (χ0) is 9.45. The van der Waals surface area contributed by atoms with E-state index in [2.05, 4.69) is 14.7 Å². The Morgan fingerprint density at radius 1 is 1.58 bits per heavy atom. The molecule has 0 radical (unpaired) electrons. The molecule has 0 aromatic rings. The van der Waals surface area contributed by atoms with Crippen LogP contribution in [0.25, 0.3) is 10.4 Å². The maximum atomic E-state index is 10.9. The first-order valence-electron chi connectivity index (χ1n) is 3.60. The monoisotopic (exact) mass is 192 g/mol. The Morgan fingerprint density at radius 3 is 2.75 bits per heavy atom. The Kier molecular flexibility index (Phi) is 5.44. The molecular formula is C5H12N4O2S. The lowest BCUT2D eigenvalue weighted by Crippen LogP contribution is -2.28. The maximum absolute atomic E-state index is 10.9. The summed E-state index contributed by atoms with van der Waals surface area (Å²) >= 11 is 0. The molecule has 0 aliphatic rings. The molecule has 0 spiro atoms. The molecule has 70 valence electrons. The second-order valence-corrected chi connectivity index (χ2v) is 4.09. The molecule has 0 saturated carbocycles. The molecule has 0 unspecified atom stereocenters. The van der Waals surface area contributed by atoms with Crippen molar-refractivity contribution in [3.63, 3.8) is 0 Å². The third-order valence-electron chi connectivity index (χ3n) is 1.07. The molecule has 0 bridgehead atoms. The van der Waals surface area contributed by atoms with Crippen molar-refractivity contribution in [1.29, 1.82) is 0 Å². The second-order valence-electron chi connectivity index (χ2n) is 2.17.